The van der Waals surface area contributed by atoms with Gasteiger partial charge in [0.05, 0.1) is 6.54 Å². The summed E-state index contributed by atoms with van der Waals surface area (Å²) in [5, 5.41) is 4.57. The van der Waals surface area contributed by atoms with E-state index in [2.05, 4.69) is 15.6 Å². The maximum atomic E-state index is 12.2. The molecule has 8 N–H and O–H groups in total. The van der Waals surface area contributed by atoms with Crippen molar-refractivity contribution in [2.24, 2.45) is 22.2 Å². The molecule has 23 heavy (non-hydrogen) atoms. The summed E-state index contributed by atoms with van der Waals surface area (Å²) in [5.41, 5.74) is 16.5. The van der Waals surface area contributed by atoms with Gasteiger partial charge in [-0.05, 0) is 19.8 Å². The standard InChI is InChI=1S/C13H25N7O3/c1-7(14)3-4-8(15)5-10(21)20(2)9-6-17-13(18-11(9)22)19-12(16)23/h7-9H,3-6,14-15H2,1-2H3,(H4,16,17,18,19,22,23)/t7?,8?,9-/m0/s1. The lowest BCUT2D eigenvalue weighted by molar-refractivity contribution is -0.138. The zero-order chi connectivity index (χ0) is 17.6. The lowest BCUT2D eigenvalue weighted by Gasteiger charge is -2.30. The van der Waals surface area contributed by atoms with E-state index in [-0.39, 0.29) is 36.9 Å². The highest BCUT2D eigenvalue weighted by Gasteiger charge is 2.31. The fourth-order valence-corrected chi connectivity index (χ4v) is 2.11. The second-order valence-electron chi connectivity index (χ2n) is 5.71. The number of carbonyl (C=O) groups is 3. The molecule has 4 amide bonds. The average Bonchev–Trinajstić information content (AvgIpc) is 2.43. The normalized spacial score (nSPS) is 20.1. The maximum absolute atomic E-state index is 12.2. The van der Waals surface area contributed by atoms with Crippen LogP contribution in [0.5, 0.6) is 0 Å². The van der Waals surface area contributed by atoms with Gasteiger partial charge in [0, 0.05) is 25.6 Å². The van der Waals surface area contributed by atoms with Gasteiger partial charge in [0.2, 0.25) is 11.9 Å². The van der Waals surface area contributed by atoms with Crippen LogP contribution in [-0.2, 0) is 9.59 Å². The molecule has 0 aromatic carbocycles. The maximum Gasteiger partial charge on any atom is 0.318 e. The first-order valence-corrected chi connectivity index (χ1v) is 7.39. The molecule has 0 bridgehead atoms. The van der Waals surface area contributed by atoms with E-state index in [9.17, 15) is 14.4 Å². The van der Waals surface area contributed by atoms with Gasteiger partial charge in [-0.1, -0.05) is 0 Å². The second-order valence-corrected chi connectivity index (χ2v) is 5.71. The molecule has 1 aliphatic rings. The van der Waals surface area contributed by atoms with Gasteiger partial charge in [-0.3, -0.25) is 20.2 Å². The molecule has 1 aliphatic heterocycles. The minimum Gasteiger partial charge on any atom is -0.351 e. The number of aliphatic imine (C=N–C) groups is 1. The molecule has 2 unspecified atom stereocenters. The third-order valence-electron chi connectivity index (χ3n) is 3.50. The number of nitrogens with zero attached hydrogens (tertiary/aromatic N) is 2. The predicted molar refractivity (Wildman–Crippen MR) is 85.2 cm³/mol. The monoisotopic (exact) mass is 327 g/mol. The zero-order valence-electron chi connectivity index (χ0n) is 13.4. The highest BCUT2D eigenvalue weighted by Crippen LogP contribution is 2.08. The Labute approximate surface area is 134 Å². The topological polar surface area (TPSA) is 169 Å². The van der Waals surface area contributed by atoms with Crippen LogP contribution in [0, 0.1) is 0 Å². The van der Waals surface area contributed by atoms with E-state index in [1.165, 1.54) is 11.9 Å². The number of rotatable bonds is 6. The summed E-state index contributed by atoms with van der Waals surface area (Å²) >= 11 is 0. The minimum atomic E-state index is -0.827. The highest BCUT2D eigenvalue weighted by atomic mass is 16.2. The molecule has 1 rings (SSSR count). The van der Waals surface area contributed by atoms with Crippen molar-refractivity contribution in [1.82, 2.24) is 15.5 Å². The van der Waals surface area contributed by atoms with Crippen LogP contribution in [0.1, 0.15) is 26.2 Å². The molecule has 0 fully saturated rings. The number of carbonyl (C=O) groups excluding carboxylic acids is 3. The van der Waals surface area contributed by atoms with Crippen LogP contribution < -0.4 is 27.8 Å². The molecular weight excluding hydrogens is 302 g/mol. The smallest absolute Gasteiger partial charge is 0.318 e. The van der Waals surface area contributed by atoms with Crippen LogP contribution in [0.4, 0.5) is 4.79 Å². The Morgan fingerprint density at radius 3 is 2.61 bits per heavy atom. The number of primary amides is 1. The van der Waals surface area contributed by atoms with Crippen molar-refractivity contribution in [3.05, 3.63) is 0 Å². The Balaban J connectivity index is 2.55. The Hall–Kier alpha value is -2.20. The lowest BCUT2D eigenvalue weighted by Crippen LogP contribution is -2.58. The van der Waals surface area contributed by atoms with Gasteiger partial charge in [0.15, 0.2) is 0 Å². The molecule has 10 nitrogen and oxygen atoms in total. The van der Waals surface area contributed by atoms with Crippen molar-refractivity contribution in [1.29, 1.82) is 0 Å². The fraction of sp³-hybridized carbons (Fsp3) is 0.692. The van der Waals surface area contributed by atoms with Crippen molar-refractivity contribution >= 4 is 23.8 Å². The Morgan fingerprint density at radius 1 is 1.43 bits per heavy atom. The molecule has 0 aliphatic carbocycles. The Kier molecular flexibility index (Phi) is 6.91. The van der Waals surface area contributed by atoms with Gasteiger partial charge in [-0.2, -0.15) is 0 Å². The van der Waals surface area contributed by atoms with Gasteiger partial charge in [-0.15, -0.1) is 0 Å². The van der Waals surface area contributed by atoms with Crippen LogP contribution in [0.2, 0.25) is 0 Å². The van der Waals surface area contributed by atoms with E-state index in [1.807, 2.05) is 6.92 Å². The molecule has 1 heterocycles. The molecule has 0 saturated carbocycles. The predicted octanol–water partition coefficient (Wildman–Crippen LogP) is -2.19. The van der Waals surface area contributed by atoms with Crippen molar-refractivity contribution in [2.45, 2.75) is 44.3 Å². The molecule has 0 aromatic heterocycles. The molecule has 0 radical (unpaired) electrons. The average molecular weight is 327 g/mol. The first-order valence-electron chi connectivity index (χ1n) is 7.39. The van der Waals surface area contributed by atoms with Crippen molar-refractivity contribution in [2.75, 3.05) is 13.6 Å². The zero-order valence-corrected chi connectivity index (χ0v) is 13.4. The summed E-state index contributed by atoms with van der Waals surface area (Å²) in [5.74, 6) is -0.708. The number of nitrogens with two attached hydrogens (primary N) is 3. The number of likely N-dealkylation sites (N-methyl/N-ethyl adjacent to an activating group) is 1. The van der Waals surface area contributed by atoms with E-state index >= 15 is 0 Å². The fourth-order valence-electron chi connectivity index (χ4n) is 2.11. The van der Waals surface area contributed by atoms with E-state index in [0.29, 0.717) is 6.42 Å². The number of hydrogen-bond acceptors (Lipinski definition) is 6. The lowest BCUT2D eigenvalue weighted by atomic mass is 10.0. The summed E-state index contributed by atoms with van der Waals surface area (Å²) < 4.78 is 0. The number of nitrogens with one attached hydrogen (secondary N) is 2. The molecule has 10 heteroatoms. The van der Waals surface area contributed by atoms with E-state index in [4.69, 9.17) is 17.2 Å². The number of guanidine groups is 1. The van der Waals surface area contributed by atoms with Crippen molar-refractivity contribution in [3.63, 3.8) is 0 Å². The van der Waals surface area contributed by atoms with Crippen LogP contribution >= 0.6 is 0 Å². The van der Waals surface area contributed by atoms with Crippen LogP contribution in [0.15, 0.2) is 4.99 Å². The summed E-state index contributed by atoms with van der Waals surface area (Å²) in [7, 11) is 1.52. The van der Waals surface area contributed by atoms with Gasteiger partial charge in [-0.25, -0.2) is 9.79 Å². The number of urea groups is 1. The summed E-state index contributed by atoms with van der Waals surface area (Å²) in [6.45, 7) is 1.92. The summed E-state index contributed by atoms with van der Waals surface area (Å²) in [4.78, 5) is 40.2. The molecular formula is C13H25N7O3. The third kappa shape index (κ3) is 6.20. The Bertz CT molecular complexity index is 492. The molecule has 3 atom stereocenters. The van der Waals surface area contributed by atoms with E-state index in [1.54, 1.807) is 0 Å². The van der Waals surface area contributed by atoms with E-state index in [0.717, 1.165) is 6.42 Å². The van der Waals surface area contributed by atoms with Crippen LogP contribution in [0.25, 0.3) is 0 Å². The van der Waals surface area contributed by atoms with Gasteiger partial charge in [0.25, 0.3) is 5.91 Å². The highest BCUT2D eigenvalue weighted by molar-refractivity contribution is 6.07. The van der Waals surface area contributed by atoms with Crippen LogP contribution in [0.3, 0.4) is 0 Å². The first-order chi connectivity index (χ1) is 10.7. The molecule has 0 aromatic rings. The van der Waals surface area contributed by atoms with Crippen LogP contribution in [-0.4, -0.2) is 60.4 Å². The Morgan fingerprint density at radius 2 is 2.09 bits per heavy atom. The minimum absolute atomic E-state index is 0.0202. The second kappa shape index (κ2) is 8.44. The summed E-state index contributed by atoms with van der Waals surface area (Å²) in [6.07, 6.45) is 1.50. The van der Waals surface area contributed by atoms with Gasteiger partial charge < -0.3 is 22.1 Å². The van der Waals surface area contributed by atoms with Gasteiger partial charge in [0.1, 0.15) is 6.04 Å². The molecule has 130 valence electrons. The molecule has 0 saturated heterocycles. The van der Waals surface area contributed by atoms with Crippen molar-refractivity contribution in [3.8, 4) is 0 Å². The number of hydrogen-bond donors (Lipinski definition) is 5. The third-order valence-corrected chi connectivity index (χ3v) is 3.50. The quantitative estimate of drug-likeness (QED) is 0.373. The van der Waals surface area contributed by atoms with E-state index < -0.39 is 18.0 Å². The SMILES string of the molecule is CC(N)CCC(N)CC(=O)N(C)[C@H]1CN=C(NC(N)=O)NC1=O. The number of amides is 4. The first kappa shape index (κ1) is 18.8. The van der Waals surface area contributed by atoms with Gasteiger partial charge >= 0.3 is 6.03 Å². The van der Waals surface area contributed by atoms with Crippen molar-refractivity contribution < 1.29 is 14.4 Å². The summed E-state index contributed by atoms with van der Waals surface area (Å²) in [6, 6.07) is -1.85. The molecule has 0 spiro atoms. The largest absolute Gasteiger partial charge is 0.351 e.